The van der Waals surface area contributed by atoms with Gasteiger partial charge in [-0.1, -0.05) is 30.3 Å². The zero-order chi connectivity index (χ0) is 31.9. The molecule has 0 saturated heterocycles. The summed E-state index contributed by atoms with van der Waals surface area (Å²) in [6, 6.07) is 22.3. The van der Waals surface area contributed by atoms with E-state index in [2.05, 4.69) is 30.5 Å². The first-order valence-corrected chi connectivity index (χ1v) is 14.5. The quantitative estimate of drug-likeness (QED) is 0.118. The topological polar surface area (TPSA) is 170 Å². The molecule has 0 unspecified atom stereocenters. The molecule has 3 heterocycles. The predicted molar refractivity (Wildman–Crippen MR) is 166 cm³/mol. The molecule has 3 aromatic heterocycles. The third kappa shape index (κ3) is 10.8. The lowest BCUT2D eigenvalue weighted by Crippen LogP contribution is -2.57. The average molecular weight is 615 g/mol. The van der Waals surface area contributed by atoms with E-state index in [-0.39, 0.29) is 25.5 Å². The molecule has 0 aliphatic rings. The second-order valence-corrected chi connectivity index (χ2v) is 10.7. The second kappa shape index (κ2) is 17.0. The monoisotopic (exact) mass is 614 g/mol. The summed E-state index contributed by atoms with van der Waals surface area (Å²) in [4.78, 5) is 40.4. The van der Waals surface area contributed by atoms with Crippen molar-refractivity contribution in [3.63, 3.8) is 0 Å². The van der Waals surface area contributed by atoms with Gasteiger partial charge in [0.15, 0.2) is 0 Å². The number of benzene rings is 1. The van der Waals surface area contributed by atoms with Crippen LogP contribution in [-0.4, -0.2) is 79.0 Å². The van der Waals surface area contributed by atoms with Crippen molar-refractivity contribution in [2.24, 2.45) is 0 Å². The Labute approximate surface area is 261 Å². The van der Waals surface area contributed by atoms with Crippen molar-refractivity contribution in [2.45, 2.75) is 38.2 Å². The molecule has 12 nitrogen and oxygen atoms in total. The first kappa shape index (κ1) is 33.3. The van der Waals surface area contributed by atoms with Crippen molar-refractivity contribution >= 4 is 17.5 Å². The zero-order valence-corrected chi connectivity index (χ0v) is 24.9. The number of pyridine rings is 3. The van der Waals surface area contributed by atoms with Gasteiger partial charge in [0.25, 0.3) is 0 Å². The number of ether oxygens (including phenoxy) is 1. The number of nitrogens with one attached hydrogen (secondary N) is 2. The smallest absolute Gasteiger partial charge is 0.250 e. The average Bonchev–Trinajstić information content (AvgIpc) is 3.06. The van der Waals surface area contributed by atoms with E-state index in [1.807, 2.05) is 48.5 Å². The molecule has 0 spiro atoms. The van der Waals surface area contributed by atoms with E-state index in [0.717, 1.165) is 22.6 Å². The molecular weight excluding hydrogens is 576 g/mol. The summed E-state index contributed by atoms with van der Waals surface area (Å²) in [6.45, 7) is 0.181. The van der Waals surface area contributed by atoms with Crippen molar-refractivity contribution < 1.29 is 29.6 Å². The van der Waals surface area contributed by atoms with Crippen LogP contribution in [0.2, 0.25) is 0 Å². The van der Waals surface area contributed by atoms with Gasteiger partial charge in [-0.3, -0.25) is 29.4 Å². The number of carbonyl (C=O) groups excluding carboxylic acids is 2. The third-order valence-corrected chi connectivity index (χ3v) is 6.91. The van der Waals surface area contributed by atoms with Gasteiger partial charge in [-0.2, -0.15) is 0 Å². The number of aromatic nitrogens is 3. The molecule has 4 aromatic rings. The first-order chi connectivity index (χ1) is 21.9. The highest BCUT2D eigenvalue weighted by Gasteiger charge is 2.29. The molecule has 236 valence electrons. The predicted octanol–water partition coefficient (Wildman–Crippen LogP) is 1.60. The first-order valence-electron chi connectivity index (χ1n) is 14.5. The Kier molecular flexibility index (Phi) is 12.6. The molecule has 0 fully saturated rings. The van der Waals surface area contributed by atoms with Gasteiger partial charge >= 0.3 is 0 Å². The molecule has 0 radical (unpaired) electrons. The lowest BCUT2D eigenvalue weighted by Gasteiger charge is -2.28. The van der Waals surface area contributed by atoms with Crippen LogP contribution in [0.25, 0.3) is 0 Å². The molecule has 5 N–H and O–H groups in total. The van der Waals surface area contributed by atoms with Crippen LogP contribution in [0.15, 0.2) is 91.4 Å². The molecule has 45 heavy (non-hydrogen) atoms. The van der Waals surface area contributed by atoms with Gasteiger partial charge in [0.05, 0.1) is 49.9 Å². The maximum absolute atomic E-state index is 12.4. The van der Waals surface area contributed by atoms with E-state index < -0.39 is 31.3 Å². The molecule has 0 aliphatic carbocycles. The summed E-state index contributed by atoms with van der Waals surface area (Å²) in [6.07, 6.45) is 5.28. The highest BCUT2D eigenvalue weighted by Crippen LogP contribution is 2.13. The molecule has 0 aliphatic heterocycles. The van der Waals surface area contributed by atoms with E-state index >= 15 is 0 Å². The van der Waals surface area contributed by atoms with E-state index in [4.69, 9.17) is 4.74 Å². The number of anilines is 1. The Hall–Kier alpha value is -4.59. The van der Waals surface area contributed by atoms with Gasteiger partial charge in [0.2, 0.25) is 11.8 Å². The van der Waals surface area contributed by atoms with Crippen LogP contribution in [0.4, 0.5) is 5.69 Å². The zero-order valence-electron chi connectivity index (χ0n) is 24.9. The highest BCUT2D eigenvalue weighted by atomic mass is 16.5. The Morgan fingerprint density at radius 3 is 1.80 bits per heavy atom. The molecule has 4 rings (SSSR count). The Balaban J connectivity index is 1.22. The fraction of sp³-hybridized carbons (Fsp3) is 0.303. The van der Waals surface area contributed by atoms with Gasteiger partial charge in [-0.15, -0.1) is 0 Å². The van der Waals surface area contributed by atoms with Crippen LogP contribution in [0.5, 0.6) is 0 Å². The fourth-order valence-electron chi connectivity index (χ4n) is 4.43. The number of nitrogens with zero attached hydrogens (tertiary/aromatic N) is 4. The number of amides is 2. The maximum atomic E-state index is 12.4. The molecule has 0 atom stereocenters. The highest BCUT2D eigenvalue weighted by molar-refractivity contribution is 5.91. The van der Waals surface area contributed by atoms with E-state index in [1.54, 1.807) is 42.9 Å². The Bertz CT molecular complexity index is 1420. The van der Waals surface area contributed by atoms with Crippen molar-refractivity contribution in [1.29, 1.82) is 0 Å². The van der Waals surface area contributed by atoms with Crippen LogP contribution in [0.1, 0.15) is 28.2 Å². The minimum Gasteiger partial charge on any atom is -0.394 e. The molecule has 0 saturated carbocycles. The maximum Gasteiger partial charge on any atom is 0.250 e. The van der Waals surface area contributed by atoms with E-state index in [1.165, 1.54) is 0 Å². The number of aliphatic hydroxyl groups excluding tert-OH is 3. The van der Waals surface area contributed by atoms with Crippen LogP contribution >= 0.6 is 0 Å². The number of aliphatic hydroxyl groups is 3. The Morgan fingerprint density at radius 1 is 0.711 bits per heavy atom. The van der Waals surface area contributed by atoms with Crippen LogP contribution in [-0.2, 0) is 47.0 Å². The van der Waals surface area contributed by atoms with Crippen molar-refractivity contribution in [1.82, 2.24) is 25.2 Å². The summed E-state index contributed by atoms with van der Waals surface area (Å²) in [5, 5.41) is 33.3. The van der Waals surface area contributed by atoms with Crippen LogP contribution in [0, 0.1) is 0 Å². The summed E-state index contributed by atoms with van der Waals surface area (Å²) < 4.78 is 5.59. The summed E-state index contributed by atoms with van der Waals surface area (Å²) in [5.41, 5.74) is 3.35. The molecule has 2 amide bonds. The van der Waals surface area contributed by atoms with Gasteiger partial charge in [0, 0.05) is 43.9 Å². The lowest BCUT2D eigenvalue weighted by molar-refractivity contribution is -0.124. The molecule has 0 bridgehead atoms. The summed E-state index contributed by atoms with van der Waals surface area (Å²) in [5.74, 6) is -0.797. The van der Waals surface area contributed by atoms with Crippen LogP contribution < -0.4 is 10.6 Å². The van der Waals surface area contributed by atoms with Crippen molar-refractivity contribution in [2.75, 3.05) is 31.7 Å². The number of rotatable bonds is 17. The normalized spacial score (nSPS) is 11.4. The number of carbonyl (C=O) groups is 2. The second-order valence-electron chi connectivity index (χ2n) is 10.7. The van der Waals surface area contributed by atoms with Crippen LogP contribution in [0.3, 0.4) is 0 Å². The third-order valence-electron chi connectivity index (χ3n) is 6.91. The van der Waals surface area contributed by atoms with Gasteiger partial charge in [0.1, 0.15) is 12.1 Å². The van der Waals surface area contributed by atoms with E-state index in [9.17, 15) is 24.9 Å². The fourth-order valence-corrected chi connectivity index (χ4v) is 4.43. The molecular formula is C33H38N6O6. The standard InChI is InChI=1S/C33H38N6O6/c40-22-33(23-41,24-42)38-31(43)15-25-7-10-27(11-8-25)37-32(44)21-45-20-26-9-12-30(36-16-26)19-39(17-28-5-1-3-13-34-28)18-29-6-2-4-14-35-29/h1-14,16,40-42H,15,17-24H2,(H,37,44)(H,38,43). The summed E-state index contributed by atoms with van der Waals surface area (Å²) >= 11 is 0. The SMILES string of the molecule is O=C(COCc1ccc(CN(Cc2ccccn2)Cc2ccccn2)nc1)Nc1ccc(CC(=O)NC(CO)(CO)CO)cc1. The number of hydrogen-bond donors (Lipinski definition) is 5. The van der Waals surface area contributed by atoms with Crippen molar-refractivity contribution in [3.8, 4) is 0 Å². The minimum absolute atomic E-state index is 0.0294. The molecule has 1 aromatic carbocycles. The largest absolute Gasteiger partial charge is 0.394 e. The molecule has 12 heteroatoms. The van der Waals surface area contributed by atoms with Crippen molar-refractivity contribution in [3.05, 3.63) is 120 Å². The van der Waals surface area contributed by atoms with E-state index in [0.29, 0.717) is 30.9 Å². The summed E-state index contributed by atoms with van der Waals surface area (Å²) in [7, 11) is 0. The number of hydrogen-bond acceptors (Lipinski definition) is 10. The van der Waals surface area contributed by atoms with Gasteiger partial charge in [-0.25, -0.2) is 0 Å². The van der Waals surface area contributed by atoms with Gasteiger partial charge < -0.3 is 30.7 Å². The lowest BCUT2D eigenvalue weighted by atomic mass is 10.0. The Morgan fingerprint density at radius 2 is 1.29 bits per heavy atom. The minimum atomic E-state index is -1.48. The van der Waals surface area contributed by atoms with Gasteiger partial charge in [-0.05, 0) is 53.6 Å².